The van der Waals surface area contributed by atoms with Gasteiger partial charge in [-0.15, -0.1) is 16.4 Å². The molecule has 7 heteroatoms. The molecule has 4 aromatic rings. The second-order valence-corrected chi connectivity index (χ2v) is 5.81. The van der Waals surface area contributed by atoms with Crippen LogP contribution in [0.2, 0.25) is 0 Å². The summed E-state index contributed by atoms with van der Waals surface area (Å²) in [6, 6.07) is 8.27. The molecule has 0 saturated heterocycles. The first-order valence-corrected chi connectivity index (χ1v) is 7.97. The first kappa shape index (κ1) is 13.1. The van der Waals surface area contributed by atoms with Gasteiger partial charge in [0.2, 0.25) is 0 Å². The highest BCUT2D eigenvalue weighted by atomic mass is 32.1. The van der Waals surface area contributed by atoms with Crippen molar-refractivity contribution in [3.05, 3.63) is 47.7 Å². The molecule has 6 nitrogen and oxygen atoms in total. The molecule has 0 spiro atoms. The largest absolute Gasteiger partial charge is 0.265 e. The summed E-state index contributed by atoms with van der Waals surface area (Å²) in [6.45, 7) is 3.55. The Morgan fingerprint density at radius 2 is 2.14 bits per heavy atom. The molecule has 0 fully saturated rings. The zero-order valence-electron chi connectivity index (χ0n) is 12.0. The topological polar surface area (TPSA) is 61.4 Å². The number of thiazole rings is 1. The van der Waals surface area contributed by atoms with Gasteiger partial charge in [-0.1, -0.05) is 23.4 Å². The first-order valence-electron chi connectivity index (χ1n) is 7.09. The van der Waals surface area contributed by atoms with Crippen molar-refractivity contribution < 1.29 is 0 Å². The third-order valence-corrected chi connectivity index (χ3v) is 4.33. The molecular formula is C15H14N6S. The SMILES string of the molecule is CCn1nc(Cn2cc(-c3nccs3)nn2)c2ccccc21. The summed E-state index contributed by atoms with van der Waals surface area (Å²) in [7, 11) is 0. The lowest BCUT2D eigenvalue weighted by atomic mass is 10.2. The zero-order chi connectivity index (χ0) is 14.9. The molecule has 4 rings (SSSR count). The van der Waals surface area contributed by atoms with Gasteiger partial charge in [0.05, 0.1) is 24.0 Å². The zero-order valence-corrected chi connectivity index (χ0v) is 12.9. The molecule has 0 bridgehead atoms. The van der Waals surface area contributed by atoms with E-state index in [0.717, 1.165) is 33.8 Å². The molecule has 0 radical (unpaired) electrons. The van der Waals surface area contributed by atoms with E-state index in [4.69, 9.17) is 5.10 Å². The fourth-order valence-corrected chi connectivity index (χ4v) is 3.12. The molecule has 0 unspecified atom stereocenters. The standard InChI is InChI=1S/C15H14N6S/c1-2-21-14-6-4-3-5-11(14)12(18-21)9-20-10-13(17-19-20)15-16-7-8-22-15/h3-8,10H,2,9H2,1H3. The Labute approximate surface area is 131 Å². The predicted molar refractivity (Wildman–Crippen MR) is 85.6 cm³/mol. The van der Waals surface area contributed by atoms with E-state index in [1.807, 2.05) is 33.1 Å². The van der Waals surface area contributed by atoms with Crippen molar-refractivity contribution in [1.29, 1.82) is 0 Å². The third-order valence-electron chi connectivity index (χ3n) is 3.54. The van der Waals surface area contributed by atoms with Crippen LogP contribution in [-0.2, 0) is 13.1 Å². The number of aryl methyl sites for hydroxylation is 1. The summed E-state index contributed by atoms with van der Waals surface area (Å²) in [5.41, 5.74) is 2.96. The molecule has 110 valence electrons. The van der Waals surface area contributed by atoms with Crippen molar-refractivity contribution in [2.24, 2.45) is 0 Å². The van der Waals surface area contributed by atoms with Crippen LogP contribution in [0.4, 0.5) is 0 Å². The van der Waals surface area contributed by atoms with Gasteiger partial charge in [0.25, 0.3) is 0 Å². The summed E-state index contributed by atoms with van der Waals surface area (Å²) < 4.78 is 3.83. The smallest absolute Gasteiger partial charge is 0.145 e. The number of rotatable bonds is 4. The Kier molecular flexibility index (Phi) is 3.19. The molecular weight excluding hydrogens is 296 g/mol. The van der Waals surface area contributed by atoms with Crippen LogP contribution in [0.15, 0.2) is 42.0 Å². The van der Waals surface area contributed by atoms with Gasteiger partial charge in [0.15, 0.2) is 0 Å². The highest BCUT2D eigenvalue weighted by molar-refractivity contribution is 7.13. The van der Waals surface area contributed by atoms with Crippen molar-refractivity contribution in [1.82, 2.24) is 29.8 Å². The van der Waals surface area contributed by atoms with Crippen molar-refractivity contribution >= 4 is 22.2 Å². The molecule has 0 aliphatic heterocycles. The van der Waals surface area contributed by atoms with E-state index in [1.54, 1.807) is 17.5 Å². The summed E-state index contributed by atoms with van der Waals surface area (Å²) in [5, 5.41) is 17.1. The summed E-state index contributed by atoms with van der Waals surface area (Å²) in [4.78, 5) is 4.26. The van der Waals surface area contributed by atoms with E-state index >= 15 is 0 Å². The fraction of sp³-hybridized carbons (Fsp3) is 0.200. The second-order valence-electron chi connectivity index (χ2n) is 4.92. The number of hydrogen-bond donors (Lipinski definition) is 0. The van der Waals surface area contributed by atoms with E-state index < -0.39 is 0 Å². The predicted octanol–water partition coefficient (Wildman–Crippen LogP) is 2.82. The van der Waals surface area contributed by atoms with Crippen LogP contribution >= 0.6 is 11.3 Å². The van der Waals surface area contributed by atoms with Gasteiger partial charge in [-0.2, -0.15) is 5.10 Å². The quantitative estimate of drug-likeness (QED) is 0.581. The summed E-state index contributed by atoms with van der Waals surface area (Å²) in [5.74, 6) is 0. The second kappa shape index (κ2) is 5.34. The molecule has 3 aromatic heterocycles. The number of benzene rings is 1. The van der Waals surface area contributed by atoms with Crippen LogP contribution in [-0.4, -0.2) is 29.8 Å². The van der Waals surface area contributed by atoms with Gasteiger partial charge in [0, 0.05) is 23.5 Å². The van der Waals surface area contributed by atoms with Gasteiger partial charge >= 0.3 is 0 Å². The van der Waals surface area contributed by atoms with E-state index in [0.29, 0.717) is 6.54 Å². The maximum Gasteiger partial charge on any atom is 0.145 e. The molecule has 0 aliphatic carbocycles. The van der Waals surface area contributed by atoms with Crippen molar-refractivity contribution in [3.8, 4) is 10.7 Å². The van der Waals surface area contributed by atoms with Gasteiger partial charge in [-0.3, -0.25) is 4.68 Å². The lowest BCUT2D eigenvalue weighted by Crippen LogP contribution is -2.03. The minimum Gasteiger partial charge on any atom is -0.265 e. The van der Waals surface area contributed by atoms with Crippen LogP contribution in [0.3, 0.4) is 0 Å². The average Bonchev–Trinajstić information content (AvgIpc) is 3.27. The number of para-hydroxylation sites is 1. The molecule has 0 saturated carbocycles. The summed E-state index contributed by atoms with van der Waals surface area (Å²) >= 11 is 1.56. The fourth-order valence-electron chi connectivity index (χ4n) is 2.53. The molecule has 0 atom stereocenters. The Hall–Kier alpha value is -2.54. The first-order chi connectivity index (χ1) is 10.8. The van der Waals surface area contributed by atoms with Gasteiger partial charge in [-0.25, -0.2) is 9.67 Å². The molecule has 22 heavy (non-hydrogen) atoms. The summed E-state index contributed by atoms with van der Waals surface area (Å²) in [6.07, 6.45) is 3.69. The maximum absolute atomic E-state index is 4.69. The maximum atomic E-state index is 4.69. The van der Waals surface area contributed by atoms with Crippen LogP contribution in [0.1, 0.15) is 12.6 Å². The van der Waals surface area contributed by atoms with Gasteiger partial charge in [-0.05, 0) is 13.0 Å². The van der Waals surface area contributed by atoms with Crippen molar-refractivity contribution in [2.75, 3.05) is 0 Å². The monoisotopic (exact) mass is 310 g/mol. The lowest BCUT2D eigenvalue weighted by molar-refractivity contribution is 0.611. The number of fused-ring (bicyclic) bond motifs is 1. The van der Waals surface area contributed by atoms with Crippen molar-refractivity contribution in [3.63, 3.8) is 0 Å². The molecule has 0 N–H and O–H groups in total. The Balaban J connectivity index is 1.69. The normalized spacial score (nSPS) is 11.3. The highest BCUT2D eigenvalue weighted by Gasteiger charge is 2.12. The minimum atomic E-state index is 0.603. The lowest BCUT2D eigenvalue weighted by Gasteiger charge is -1.96. The molecule has 1 aromatic carbocycles. The van der Waals surface area contributed by atoms with Crippen molar-refractivity contribution in [2.45, 2.75) is 20.0 Å². The van der Waals surface area contributed by atoms with Crippen LogP contribution in [0, 0.1) is 0 Å². The Bertz CT molecular complexity index is 905. The van der Waals surface area contributed by atoms with E-state index in [9.17, 15) is 0 Å². The Morgan fingerprint density at radius 1 is 1.23 bits per heavy atom. The Morgan fingerprint density at radius 3 is 2.95 bits per heavy atom. The number of hydrogen-bond acceptors (Lipinski definition) is 5. The molecule has 0 aliphatic rings. The molecule has 3 heterocycles. The van der Waals surface area contributed by atoms with Gasteiger partial charge < -0.3 is 0 Å². The van der Waals surface area contributed by atoms with E-state index in [-0.39, 0.29) is 0 Å². The number of aromatic nitrogens is 6. The van der Waals surface area contributed by atoms with E-state index in [1.165, 1.54) is 0 Å². The van der Waals surface area contributed by atoms with Crippen LogP contribution in [0.5, 0.6) is 0 Å². The van der Waals surface area contributed by atoms with E-state index in [2.05, 4.69) is 34.4 Å². The van der Waals surface area contributed by atoms with Gasteiger partial charge in [0.1, 0.15) is 10.7 Å². The minimum absolute atomic E-state index is 0.603. The van der Waals surface area contributed by atoms with Crippen LogP contribution < -0.4 is 0 Å². The highest BCUT2D eigenvalue weighted by Crippen LogP contribution is 2.21. The van der Waals surface area contributed by atoms with Crippen LogP contribution in [0.25, 0.3) is 21.6 Å². The average molecular weight is 310 g/mol. The third kappa shape index (κ3) is 2.19. The molecule has 0 amide bonds. The number of nitrogens with zero attached hydrogens (tertiary/aromatic N) is 6.